The van der Waals surface area contributed by atoms with Gasteiger partial charge in [-0.05, 0) is 12.1 Å². The zero-order chi connectivity index (χ0) is 15.7. The first-order valence-corrected chi connectivity index (χ1v) is 7.08. The van der Waals surface area contributed by atoms with Crippen LogP contribution in [0.2, 0.25) is 0 Å². The van der Waals surface area contributed by atoms with Crippen LogP contribution in [-0.2, 0) is 6.54 Å². The summed E-state index contributed by atoms with van der Waals surface area (Å²) in [4.78, 5) is 16.0. The number of hydrogen-bond donors (Lipinski definition) is 0. The first-order chi connectivity index (χ1) is 10.4. The summed E-state index contributed by atoms with van der Waals surface area (Å²) in [5.74, 6) is -0.403. The van der Waals surface area contributed by atoms with Crippen LogP contribution in [0.4, 0.5) is 13.2 Å². The van der Waals surface area contributed by atoms with Gasteiger partial charge in [-0.1, -0.05) is 6.07 Å². The van der Waals surface area contributed by atoms with Crippen LogP contribution >= 0.6 is 11.3 Å². The van der Waals surface area contributed by atoms with E-state index in [0.29, 0.717) is 5.01 Å². The third-order valence-corrected chi connectivity index (χ3v) is 3.74. The van der Waals surface area contributed by atoms with Gasteiger partial charge < -0.3 is 9.30 Å². The van der Waals surface area contributed by atoms with E-state index in [1.54, 1.807) is 11.6 Å². The van der Waals surface area contributed by atoms with Gasteiger partial charge in [0.15, 0.2) is 11.2 Å². The van der Waals surface area contributed by atoms with Crippen LogP contribution in [0.15, 0.2) is 46.8 Å². The van der Waals surface area contributed by atoms with Crippen molar-refractivity contribution >= 4 is 22.2 Å². The van der Waals surface area contributed by atoms with E-state index in [2.05, 4.69) is 9.72 Å². The molecule has 2 aromatic heterocycles. The van der Waals surface area contributed by atoms with Gasteiger partial charge in [-0.2, -0.15) is 0 Å². The van der Waals surface area contributed by atoms with Gasteiger partial charge in [-0.15, -0.1) is 24.5 Å². The number of benzene rings is 1. The minimum absolute atomic E-state index is 0.0996. The molecule has 0 N–H and O–H groups in total. The first kappa shape index (κ1) is 14.6. The van der Waals surface area contributed by atoms with E-state index in [9.17, 15) is 18.0 Å². The fourth-order valence-corrected chi connectivity index (χ4v) is 2.77. The Balaban J connectivity index is 2.19. The third-order valence-electron chi connectivity index (χ3n) is 2.97. The molecule has 0 amide bonds. The Kier molecular flexibility index (Phi) is 3.61. The van der Waals surface area contributed by atoms with Crippen LogP contribution in [0.1, 0.15) is 5.01 Å². The first-order valence-electron chi connectivity index (χ1n) is 6.20. The lowest BCUT2D eigenvalue weighted by atomic mass is 10.2. The van der Waals surface area contributed by atoms with Crippen molar-refractivity contribution in [3.05, 3.63) is 57.3 Å². The molecule has 0 aliphatic carbocycles. The second-order valence-corrected chi connectivity index (χ2v) is 5.41. The van der Waals surface area contributed by atoms with Crippen LogP contribution in [0.5, 0.6) is 5.75 Å². The summed E-state index contributed by atoms with van der Waals surface area (Å²) in [6.07, 6.45) is -1.78. The van der Waals surface area contributed by atoms with E-state index in [1.165, 1.54) is 46.4 Å². The molecule has 8 heteroatoms. The average Bonchev–Trinajstić information content (AvgIpc) is 2.93. The largest absolute Gasteiger partial charge is 0.573 e. The van der Waals surface area contributed by atoms with E-state index < -0.39 is 12.1 Å². The fourth-order valence-electron chi connectivity index (χ4n) is 2.15. The van der Waals surface area contributed by atoms with Crippen molar-refractivity contribution in [3.8, 4) is 5.75 Å². The van der Waals surface area contributed by atoms with Crippen LogP contribution < -0.4 is 10.2 Å². The number of hydrogen-bond acceptors (Lipinski definition) is 4. The maximum atomic E-state index is 12.6. The number of ether oxygens (including phenoxy) is 1. The molecule has 0 aliphatic heterocycles. The topological polar surface area (TPSA) is 44.1 Å². The number of thiazole rings is 1. The minimum Gasteiger partial charge on any atom is -0.404 e. The van der Waals surface area contributed by atoms with Crippen molar-refractivity contribution in [1.82, 2.24) is 9.55 Å². The molecule has 0 saturated carbocycles. The summed E-state index contributed by atoms with van der Waals surface area (Å²) < 4.78 is 43.3. The summed E-state index contributed by atoms with van der Waals surface area (Å²) in [6, 6.07) is 5.33. The normalized spacial score (nSPS) is 11.8. The minimum atomic E-state index is -4.83. The summed E-state index contributed by atoms with van der Waals surface area (Å²) in [7, 11) is 0. The van der Waals surface area contributed by atoms with E-state index in [-0.39, 0.29) is 22.9 Å². The Labute approximate surface area is 126 Å². The van der Waals surface area contributed by atoms with Crippen molar-refractivity contribution in [2.24, 2.45) is 0 Å². The number of fused-ring (bicyclic) bond motifs is 1. The molecule has 4 nitrogen and oxygen atoms in total. The van der Waals surface area contributed by atoms with Gasteiger partial charge in [-0.3, -0.25) is 4.79 Å². The van der Waals surface area contributed by atoms with Gasteiger partial charge in [0.2, 0.25) is 0 Å². The predicted molar refractivity (Wildman–Crippen MR) is 76.1 cm³/mol. The highest BCUT2D eigenvalue weighted by Crippen LogP contribution is 2.29. The van der Waals surface area contributed by atoms with Crippen molar-refractivity contribution in [2.75, 3.05) is 0 Å². The van der Waals surface area contributed by atoms with Crippen molar-refractivity contribution < 1.29 is 17.9 Å². The quantitative estimate of drug-likeness (QED) is 0.741. The van der Waals surface area contributed by atoms with Gasteiger partial charge in [0.25, 0.3) is 0 Å². The molecule has 0 unspecified atom stereocenters. The Morgan fingerprint density at radius 3 is 2.77 bits per heavy atom. The third kappa shape index (κ3) is 2.96. The SMILES string of the molecule is O=c1ccn(Cc2nccs2)c2c(OC(F)(F)F)cccc12. The lowest BCUT2D eigenvalue weighted by molar-refractivity contribution is -0.274. The molecule has 0 fully saturated rings. The van der Waals surface area contributed by atoms with Gasteiger partial charge in [0.05, 0.1) is 12.1 Å². The average molecular weight is 326 g/mol. The number of nitrogens with zero attached hydrogens (tertiary/aromatic N) is 2. The molecule has 0 spiro atoms. The second kappa shape index (κ2) is 5.45. The van der Waals surface area contributed by atoms with E-state index in [0.717, 1.165) is 0 Å². The molecule has 0 aliphatic rings. The van der Waals surface area contributed by atoms with Crippen molar-refractivity contribution in [2.45, 2.75) is 12.9 Å². The highest BCUT2D eigenvalue weighted by molar-refractivity contribution is 7.09. The zero-order valence-electron chi connectivity index (χ0n) is 11.0. The number of rotatable bonds is 3. The second-order valence-electron chi connectivity index (χ2n) is 4.43. The summed E-state index contributed by atoms with van der Waals surface area (Å²) in [6.45, 7) is 0.257. The molecule has 2 heterocycles. The Bertz CT molecular complexity index is 857. The number of para-hydroxylation sites is 1. The van der Waals surface area contributed by atoms with E-state index in [4.69, 9.17) is 0 Å². The summed E-state index contributed by atoms with van der Waals surface area (Å²) >= 11 is 1.38. The van der Waals surface area contributed by atoms with E-state index >= 15 is 0 Å². The maximum absolute atomic E-state index is 12.6. The van der Waals surface area contributed by atoms with Crippen LogP contribution in [0, 0.1) is 0 Å². The molecule has 1 aromatic carbocycles. The molecular weight excluding hydrogens is 317 g/mol. The Morgan fingerprint density at radius 1 is 1.27 bits per heavy atom. The van der Waals surface area contributed by atoms with Gasteiger partial charge in [0, 0.05) is 29.2 Å². The molecule has 0 saturated heterocycles. The predicted octanol–water partition coefficient (Wildman–Crippen LogP) is 3.40. The monoisotopic (exact) mass is 326 g/mol. The number of aromatic nitrogens is 2. The number of pyridine rings is 1. The van der Waals surface area contributed by atoms with Crippen LogP contribution in [0.3, 0.4) is 0 Å². The number of halogens is 3. The molecular formula is C14H9F3N2O2S. The Hall–Kier alpha value is -2.35. The fraction of sp³-hybridized carbons (Fsp3) is 0.143. The van der Waals surface area contributed by atoms with Crippen molar-refractivity contribution in [1.29, 1.82) is 0 Å². The standard InChI is InChI=1S/C14H9F3N2O2S/c15-14(16,17)21-11-3-1-2-9-10(20)4-6-19(13(9)11)8-12-18-5-7-22-12/h1-7H,8H2. The molecule has 3 aromatic rings. The van der Waals surface area contributed by atoms with Gasteiger partial charge in [0.1, 0.15) is 5.01 Å². The van der Waals surface area contributed by atoms with Crippen molar-refractivity contribution in [3.63, 3.8) is 0 Å². The molecule has 0 bridgehead atoms. The smallest absolute Gasteiger partial charge is 0.404 e. The lowest BCUT2D eigenvalue weighted by Gasteiger charge is -2.15. The summed E-state index contributed by atoms with van der Waals surface area (Å²) in [5.41, 5.74) is -0.263. The highest BCUT2D eigenvalue weighted by atomic mass is 32.1. The summed E-state index contributed by atoms with van der Waals surface area (Å²) in [5, 5.41) is 2.65. The Morgan fingerprint density at radius 2 is 2.09 bits per heavy atom. The van der Waals surface area contributed by atoms with Crippen LogP contribution in [0.25, 0.3) is 10.9 Å². The molecule has 0 atom stereocenters. The number of alkyl halides is 3. The highest BCUT2D eigenvalue weighted by Gasteiger charge is 2.32. The van der Waals surface area contributed by atoms with Crippen LogP contribution in [-0.4, -0.2) is 15.9 Å². The van der Waals surface area contributed by atoms with E-state index in [1.807, 2.05) is 0 Å². The zero-order valence-corrected chi connectivity index (χ0v) is 11.8. The van der Waals surface area contributed by atoms with Gasteiger partial charge in [-0.25, -0.2) is 4.98 Å². The molecule has 114 valence electrons. The maximum Gasteiger partial charge on any atom is 0.573 e. The molecule has 3 rings (SSSR count). The lowest BCUT2D eigenvalue weighted by Crippen LogP contribution is -2.19. The van der Waals surface area contributed by atoms with Gasteiger partial charge >= 0.3 is 6.36 Å². The molecule has 0 radical (unpaired) electrons. The molecule has 22 heavy (non-hydrogen) atoms.